The molecule has 2 aromatic rings. The molecule has 5 nitrogen and oxygen atoms in total. The van der Waals surface area contributed by atoms with Crippen LogP contribution in [-0.4, -0.2) is 54.1 Å². The van der Waals surface area contributed by atoms with Gasteiger partial charge in [0.25, 0.3) is 0 Å². The van der Waals surface area contributed by atoms with Gasteiger partial charge >= 0.3 is 6.09 Å². The van der Waals surface area contributed by atoms with E-state index in [0.29, 0.717) is 13.2 Å². The zero-order valence-electron chi connectivity index (χ0n) is 15.8. The summed E-state index contributed by atoms with van der Waals surface area (Å²) >= 11 is 0. The van der Waals surface area contributed by atoms with Gasteiger partial charge in [-0.1, -0.05) is 48.5 Å². The molecule has 1 aliphatic carbocycles. The lowest BCUT2D eigenvalue weighted by Gasteiger charge is -2.50. The van der Waals surface area contributed by atoms with Crippen molar-refractivity contribution in [1.29, 1.82) is 0 Å². The maximum atomic E-state index is 12.9. The predicted molar refractivity (Wildman–Crippen MR) is 105 cm³/mol. The van der Waals surface area contributed by atoms with Gasteiger partial charge in [-0.25, -0.2) is 4.79 Å². The fraction of sp³-hybridized carbons (Fsp3) is 0.435. The third-order valence-corrected chi connectivity index (χ3v) is 6.58. The number of carbonyl (C=O) groups excluding carboxylic acids is 1. The Labute approximate surface area is 164 Å². The van der Waals surface area contributed by atoms with Crippen LogP contribution in [0.25, 0.3) is 11.1 Å². The molecule has 2 heterocycles. The van der Waals surface area contributed by atoms with Crippen molar-refractivity contribution in [3.63, 3.8) is 0 Å². The quantitative estimate of drug-likeness (QED) is 0.886. The van der Waals surface area contributed by atoms with Gasteiger partial charge in [0.1, 0.15) is 6.61 Å². The Bertz CT molecular complexity index is 846. The van der Waals surface area contributed by atoms with Gasteiger partial charge in [-0.3, -0.25) is 0 Å². The lowest BCUT2D eigenvalue weighted by Crippen LogP contribution is -2.61. The molecule has 2 atom stereocenters. The van der Waals surface area contributed by atoms with Gasteiger partial charge in [-0.2, -0.15) is 0 Å². The fourth-order valence-corrected chi connectivity index (χ4v) is 4.90. The first kappa shape index (κ1) is 17.7. The van der Waals surface area contributed by atoms with Crippen LogP contribution in [0, 0.1) is 0 Å². The Morgan fingerprint density at radius 3 is 2.32 bits per heavy atom. The van der Waals surface area contributed by atoms with E-state index in [1.807, 2.05) is 24.3 Å². The number of amides is 1. The van der Waals surface area contributed by atoms with Crippen LogP contribution >= 0.6 is 0 Å². The number of rotatable bonds is 3. The monoisotopic (exact) mass is 379 g/mol. The van der Waals surface area contributed by atoms with Crippen LogP contribution in [0.2, 0.25) is 0 Å². The number of benzene rings is 2. The summed E-state index contributed by atoms with van der Waals surface area (Å²) in [4.78, 5) is 14.6. The van der Waals surface area contributed by atoms with E-state index in [9.17, 15) is 9.90 Å². The Hall–Kier alpha value is -2.37. The molecule has 5 rings (SSSR count). The molecular formula is C23H25NO4. The van der Waals surface area contributed by atoms with Crippen molar-refractivity contribution in [2.75, 3.05) is 26.4 Å². The van der Waals surface area contributed by atoms with Crippen molar-refractivity contribution in [3.8, 4) is 11.1 Å². The van der Waals surface area contributed by atoms with Crippen LogP contribution in [-0.2, 0) is 9.47 Å². The highest BCUT2D eigenvalue weighted by Gasteiger charge is 2.47. The number of aliphatic hydroxyl groups excluding tert-OH is 1. The number of hydrogen-bond donors (Lipinski definition) is 1. The van der Waals surface area contributed by atoms with Crippen molar-refractivity contribution in [2.24, 2.45) is 0 Å². The average molecular weight is 379 g/mol. The normalized spacial score (nSPS) is 25.9. The average Bonchev–Trinajstić information content (AvgIpc) is 3.04. The minimum Gasteiger partial charge on any atom is -0.448 e. The summed E-state index contributed by atoms with van der Waals surface area (Å²) in [5.41, 5.74) is 4.61. The smallest absolute Gasteiger partial charge is 0.410 e. The Kier molecular flexibility index (Phi) is 4.37. The molecule has 5 heteroatoms. The number of nitrogens with zero attached hydrogens (tertiary/aromatic N) is 1. The Morgan fingerprint density at radius 1 is 1.11 bits per heavy atom. The number of piperidine rings is 1. The summed E-state index contributed by atoms with van der Waals surface area (Å²) in [6.45, 7) is 1.52. The number of ether oxygens (including phenoxy) is 2. The second kappa shape index (κ2) is 6.90. The van der Waals surface area contributed by atoms with Gasteiger partial charge in [-0.05, 0) is 35.1 Å². The molecule has 2 fully saturated rings. The van der Waals surface area contributed by atoms with Crippen molar-refractivity contribution in [2.45, 2.75) is 36.8 Å². The largest absolute Gasteiger partial charge is 0.448 e. The highest BCUT2D eigenvalue weighted by Crippen LogP contribution is 2.44. The minimum absolute atomic E-state index is 0.0414. The molecule has 1 amide bonds. The van der Waals surface area contributed by atoms with E-state index in [4.69, 9.17) is 9.47 Å². The molecule has 28 heavy (non-hydrogen) atoms. The summed E-state index contributed by atoms with van der Waals surface area (Å²) in [7, 11) is 0. The highest BCUT2D eigenvalue weighted by molar-refractivity contribution is 5.79. The number of carbonyl (C=O) groups is 1. The SMILES string of the molecule is O=C(OCC1c2ccccc2-c2ccccc21)N1C[C@]2(CCO2)CC[C@H]1CO. The van der Waals surface area contributed by atoms with Crippen LogP contribution in [0.15, 0.2) is 48.5 Å². The lowest BCUT2D eigenvalue weighted by molar-refractivity contribution is -0.182. The highest BCUT2D eigenvalue weighted by atomic mass is 16.6. The zero-order valence-corrected chi connectivity index (χ0v) is 15.8. The van der Waals surface area contributed by atoms with Gasteiger partial charge in [0.2, 0.25) is 0 Å². The van der Waals surface area contributed by atoms with Crippen LogP contribution in [0.5, 0.6) is 0 Å². The van der Waals surface area contributed by atoms with E-state index in [2.05, 4.69) is 24.3 Å². The molecule has 2 aromatic carbocycles. The second-order valence-corrected chi connectivity index (χ2v) is 8.09. The first-order valence-corrected chi connectivity index (χ1v) is 10.1. The van der Waals surface area contributed by atoms with Gasteiger partial charge < -0.3 is 19.5 Å². The van der Waals surface area contributed by atoms with Crippen molar-refractivity contribution < 1.29 is 19.4 Å². The van der Waals surface area contributed by atoms with Crippen molar-refractivity contribution in [3.05, 3.63) is 59.7 Å². The number of hydrogen-bond acceptors (Lipinski definition) is 4. The molecule has 3 aliphatic rings. The minimum atomic E-state index is -0.351. The number of likely N-dealkylation sites (tertiary alicyclic amines) is 1. The van der Waals surface area contributed by atoms with Gasteiger partial charge in [-0.15, -0.1) is 0 Å². The number of fused-ring (bicyclic) bond motifs is 3. The topological polar surface area (TPSA) is 59.0 Å². The zero-order chi connectivity index (χ0) is 19.1. The van der Waals surface area contributed by atoms with Gasteiger partial charge in [0.15, 0.2) is 0 Å². The second-order valence-electron chi connectivity index (χ2n) is 8.09. The lowest BCUT2D eigenvalue weighted by atomic mass is 9.83. The molecule has 0 unspecified atom stereocenters. The van der Waals surface area contributed by atoms with E-state index in [0.717, 1.165) is 25.9 Å². The maximum absolute atomic E-state index is 12.9. The van der Waals surface area contributed by atoms with Gasteiger partial charge in [0.05, 0.1) is 31.4 Å². The van der Waals surface area contributed by atoms with Gasteiger partial charge in [0, 0.05) is 12.3 Å². The molecule has 0 bridgehead atoms. The molecule has 0 aromatic heterocycles. The Morgan fingerprint density at radius 2 is 1.75 bits per heavy atom. The van der Waals surface area contributed by atoms with Crippen LogP contribution in [0.3, 0.4) is 0 Å². The van der Waals surface area contributed by atoms with E-state index < -0.39 is 0 Å². The maximum Gasteiger partial charge on any atom is 0.410 e. The first-order valence-electron chi connectivity index (χ1n) is 10.1. The summed E-state index contributed by atoms with van der Waals surface area (Å²) in [6.07, 6.45) is 2.26. The summed E-state index contributed by atoms with van der Waals surface area (Å²) < 4.78 is 11.6. The van der Waals surface area contributed by atoms with Crippen LogP contribution < -0.4 is 0 Å². The van der Waals surface area contributed by atoms with E-state index >= 15 is 0 Å². The summed E-state index contributed by atoms with van der Waals surface area (Å²) in [5.74, 6) is 0.0441. The molecule has 0 saturated carbocycles. The molecule has 1 spiro atoms. The molecular weight excluding hydrogens is 354 g/mol. The molecule has 2 aliphatic heterocycles. The third kappa shape index (κ3) is 2.81. The summed E-state index contributed by atoms with van der Waals surface area (Å²) in [5, 5.41) is 9.72. The van der Waals surface area contributed by atoms with Crippen molar-refractivity contribution >= 4 is 6.09 Å². The standard InChI is InChI=1S/C23H25NO4/c25-13-16-9-10-23(11-12-28-23)15-24(16)22(26)27-14-21-19-7-3-1-5-17(19)18-6-2-4-8-20(18)21/h1-8,16,21,25H,9-15H2/t16-,23+/m0/s1. The van der Waals surface area contributed by atoms with Crippen molar-refractivity contribution in [1.82, 2.24) is 4.90 Å². The molecule has 2 saturated heterocycles. The molecule has 1 N–H and O–H groups in total. The fourth-order valence-electron chi connectivity index (χ4n) is 4.90. The summed E-state index contributed by atoms with van der Waals surface area (Å²) in [6, 6.07) is 16.4. The first-order chi connectivity index (χ1) is 13.7. The molecule has 146 valence electrons. The third-order valence-electron chi connectivity index (χ3n) is 6.58. The van der Waals surface area contributed by atoms with E-state index in [1.54, 1.807) is 4.90 Å². The Balaban J connectivity index is 1.34. The van der Waals surface area contributed by atoms with Crippen LogP contribution in [0.4, 0.5) is 4.79 Å². The number of aliphatic hydroxyl groups is 1. The van der Waals surface area contributed by atoms with E-state index in [-0.39, 0.29) is 30.3 Å². The van der Waals surface area contributed by atoms with Crippen LogP contribution in [0.1, 0.15) is 36.3 Å². The molecule has 0 radical (unpaired) electrons. The predicted octanol–water partition coefficient (Wildman–Crippen LogP) is 3.55. The van der Waals surface area contributed by atoms with E-state index in [1.165, 1.54) is 22.3 Å².